The van der Waals surface area contributed by atoms with Gasteiger partial charge < -0.3 is 10.2 Å². The van der Waals surface area contributed by atoms with Gasteiger partial charge in [0.25, 0.3) is 0 Å². The van der Waals surface area contributed by atoms with E-state index >= 15 is 0 Å². The van der Waals surface area contributed by atoms with Crippen molar-refractivity contribution >= 4 is 22.4 Å². The number of aromatic hydroxyl groups is 2. The summed E-state index contributed by atoms with van der Waals surface area (Å²) in [6, 6.07) is 12.8. The third-order valence-electron chi connectivity index (χ3n) is 2.92. The first-order valence-electron chi connectivity index (χ1n) is 5.45. The van der Waals surface area contributed by atoms with Gasteiger partial charge in [0.05, 0.1) is 0 Å². The molecule has 0 aliphatic carbocycles. The van der Waals surface area contributed by atoms with Crippen LogP contribution in [0.5, 0.6) is 11.8 Å². The highest BCUT2D eigenvalue weighted by molar-refractivity contribution is 6.31. The lowest BCUT2D eigenvalue weighted by Crippen LogP contribution is -1.80. The van der Waals surface area contributed by atoms with Gasteiger partial charge in [-0.25, -0.2) is 0 Å². The van der Waals surface area contributed by atoms with Crippen LogP contribution >= 0.6 is 11.6 Å². The Balaban J connectivity index is 2.32. The number of fused-ring (bicyclic) bond motifs is 1. The molecule has 0 saturated heterocycles. The first kappa shape index (κ1) is 11.0. The van der Waals surface area contributed by atoms with E-state index in [2.05, 4.69) is 4.98 Å². The lowest BCUT2D eigenvalue weighted by Gasteiger charge is -2.05. The zero-order chi connectivity index (χ0) is 12.7. The zero-order valence-corrected chi connectivity index (χ0v) is 10.1. The van der Waals surface area contributed by atoms with Crippen LogP contribution in [0.4, 0.5) is 0 Å². The monoisotopic (exact) mass is 259 g/mol. The van der Waals surface area contributed by atoms with Gasteiger partial charge in [0, 0.05) is 16.7 Å². The van der Waals surface area contributed by atoms with Gasteiger partial charge in [-0.05, 0) is 28.5 Å². The van der Waals surface area contributed by atoms with E-state index in [9.17, 15) is 10.2 Å². The average Bonchev–Trinajstić information content (AvgIpc) is 2.67. The molecule has 18 heavy (non-hydrogen) atoms. The van der Waals surface area contributed by atoms with Gasteiger partial charge in [-0.15, -0.1) is 0 Å². The van der Waals surface area contributed by atoms with Crippen LogP contribution in [0.1, 0.15) is 0 Å². The second kappa shape index (κ2) is 3.96. The number of aromatic amines is 1. The molecule has 3 rings (SSSR count). The standard InChI is InChI=1S/C14H10ClNO2/c15-9-4-5-10-8(6-9)2-1-3-11(10)12-7-13(17)16-14(12)18/h1-7,16-18H. The highest BCUT2D eigenvalue weighted by atomic mass is 35.5. The van der Waals surface area contributed by atoms with Crippen LogP contribution in [0.25, 0.3) is 21.9 Å². The maximum Gasteiger partial charge on any atom is 0.199 e. The Hall–Kier alpha value is -2.13. The van der Waals surface area contributed by atoms with Crippen molar-refractivity contribution in [2.45, 2.75) is 0 Å². The molecule has 3 nitrogen and oxygen atoms in total. The molecule has 0 unspecified atom stereocenters. The average molecular weight is 260 g/mol. The Morgan fingerprint density at radius 1 is 0.944 bits per heavy atom. The van der Waals surface area contributed by atoms with E-state index in [0.717, 1.165) is 16.3 Å². The van der Waals surface area contributed by atoms with E-state index in [-0.39, 0.29) is 11.8 Å². The summed E-state index contributed by atoms with van der Waals surface area (Å²) in [4.78, 5) is 2.47. The number of H-pyrrole nitrogens is 1. The van der Waals surface area contributed by atoms with E-state index in [4.69, 9.17) is 11.6 Å². The van der Waals surface area contributed by atoms with Crippen molar-refractivity contribution in [3.63, 3.8) is 0 Å². The number of benzene rings is 2. The van der Waals surface area contributed by atoms with Gasteiger partial charge in [-0.1, -0.05) is 35.9 Å². The Morgan fingerprint density at radius 2 is 1.78 bits per heavy atom. The van der Waals surface area contributed by atoms with Crippen molar-refractivity contribution in [3.05, 3.63) is 47.5 Å². The maximum absolute atomic E-state index is 9.76. The zero-order valence-electron chi connectivity index (χ0n) is 9.31. The lowest BCUT2D eigenvalue weighted by molar-refractivity contribution is 0.426. The molecule has 0 atom stereocenters. The predicted octanol–water partition coefficient (Wildman–Crippen LogP) is 3.90. The van der Waals surface area contributed by atoms with E-state index in [1.165, 1.54) is 6.07 Å². The van der Waals surface area contributed by atoms with Crippen LogP contribution in [0.3, 0.4) is 0 Å². The van der Waals surface area contributed by atoms with Crippen LogP contribution < -0.4 is 0 Å². The van der Waals surface area contributed by atoms with E-state index in [1.807, 2.05) is 30.3 Å². The maximum atomic E-state index is 9.76. The van der Waals surface area contributed by atoms with Gasteiger partial charge in [0.1, 0.15) is 0 Å². The number of aromatic nitrogens is 1. The largest absolute Gasteiger partial charge is 0.494 e. The van der Waals surface area contributed by atoms with Crippen molar-refractivity contribution < 1.29 is 10.2 Å². The summed E-state index contributed by atoms with van der Waals surface area (Å²) in [5.74, 6) is -0.108. The number of hydrogen-bond acceptors (Lipinski definition) is 2. The summed E-state index contributed by atoms with van der Waals surface area (Å²) in [5.41, 5.74) is 1.42. The minimum Gasteiger partial charge on any atom is -0.494 e. The molecule has 0 fully saturated rings. The topological polar surface area (TPSA) is 56.2 Å². The first-order valence-corrected chi connectivity index (χ1v) is 5.82. The summed E-state index contributed by atoms with van der Waals surface area (Å²) < 4.78 is 0. The molecule has 0 spiro atoms. The summed E-state index contributed by atoms with van der Waals surface area (Å²) in [6.45, 7) is 0. The van der Waals surface area contributed by atoms with Gasteiger partial charge in [-0.3, -0.25) is 4.98 Å². The Kier molecular flexibility index (Phi) is 2.42. The van der Waals surface area contributed by atoms with Gasteiger partial charge in [0.2, 0.25) is 0 Å². The smallest absolute Gasteiger partial charge is 0.199 e. The molecule has 0 aliphatic heterocycles. The van der Waals surface area contributed by atoms with Gasteiger partial charge >= 0.3 is 0 Å². The molecule has 0 bridgehead atoms. The quantitative estimate of drug-likeness (QED) is 0.621. The minimum absolute atomic E-state index is 0.0463. The molecule has 3 N–H and O–H groups in total. The Morgan fingerprint density at radius 3 is 2.50 bits per heavy atom. The summed E-state index contributed by atoms with van der Waals surface area (Å²) in [7, 11) is 0. The van der Waals surface area contributed by atoms with E-state index in [0.29, 0.717) is 10.6 Å². The number of halogens is 1. The molecule has 1 aromatic heterocycles. The normalized spacial score (nSPS) is 10.9. The van der Waals surface area contributed by atoms with Crippen LogP contribution in [-0.4, -0.2) is 15.2 Å². The number of hydrogen-bond donors (Lipinski definition) is 3. The second-order valence-electron chi connectivity index (χ2n) is 4.09. The van der Waals surface area contributed by atoms with E-state index < -0.39 is 0 Å². The highest BCUT2D eigenvalue weighted by Gasteiger charge is 2.11. The molecule has 3 aromatic rings. The SMILES string of the molecule is Oc1cc(-c2cccc3cc(Cl)ccc23)c(O)[nH]1. The Labute approximate surface area is 108 Å². The molecule has 2 aromatic carbocycles. The molecule has 90 valence electrons. The lowest BCUT2D eigenvalue weighted by atomic mass is 10.00. The molecule has 0 saturated carbocycles. The van der Waals surface area contributed by atoms with Crippen molar-refractivity contribution in [1.29, 1.82) is 0 Å². The fourth-order valence-corrected chi connectivity index (χ4v) is 2.31. The molecule has 0 amide bonds. The van der Waals surface area contributed by atoms with Crippen LogP contribution in [0.15, 0.2) is 42.5 Å². The summed E-state index contributed by atoms with van der Waals surface area (Å²) >= 11 is 5.96. The molecular formula is C14H10ClNO2. The van der Waals surface area contributed by atoms with Crippen molar-refractivity contribution in [1.82, 2.24) is 4.98 Å². The molecule has 0 aliphatic rings. The second-order valence-corrected chi connectivity index (χ2v) is 4.52. The van der Waals surface area contributed by atoms with Gasteiger partial charge in [-0.2, -0.15) is 0 Å². The van der Waals surface area contributed by atoms with E-state index in [1.54, 1.807) is 6.07 Å². The number of rotatable bonds is 1. The fraction of sp³-hybridized carbons (Fsp3) is 0. The van der Waals surface area contributed by atoms with Gasteiger partial charge in [0.15, 0.2) is 11.8 Å². The van der Waals surface area contributed by atoms with Crippen LogP contribution in [0.2, 0.25) is 5.02 Å². The third kappa shape index (κ3) is 1.69. The minimum atomic E-state index is -0.0616. The van der Waals surface area contributed by atoms with Crippen LogP contribution in [0, 0.1) is 0 Å². The fourth-order valence-electron chi connectivity index (χ4n) is 2.12. The first-order chi connectivity index (χ1) is 8.65. The number of nitrogens with one attached hydrogen (secondary N) is 1. The van der Waals surface area contributed by atoms with Crippen molar-refractivity contribution in [2.24, 2.45) is 0 Å². The molecular weight excluding hydrogens is 250 g/mol. The molecule has 4 heteroatoms. The third-order valence-corrected chi connectivity index (χ3v) is 3.15. The molecule has 0 radical (unpaired) electrons. The predicted molar refractivity (Wildman–Crippen MR) is 72.1 cm³/mol. The van der Waals surface area contributed by atoms with Crippen LogP contribution in [-0.2, 0) is 0 Å². The summed E-state index contributed by atoms with van der Waals surface area (Å²) in [6.07, 6.45) is 0. The van der Waals surface area contributed by atoms with Crippen molar-refractivity contribution in [3.8, 4) is 22.9 Å². The Bertz CT molecular complexity index is 734. The highest BCUT2D eigenvalue weighted by Crippen LogP contribution is 2.37. The summed E-state index contributed by atoms with van der Waals surface area (Å²) in [5, 5.41) is 21.8. The van der Waals surface area contributed by atoms with Crippen molar-refractivity contribution in [2.75, 3.05) is 0 Å². The molecule has 1 heterocycles.